The monoisotopic (exact) mass is 493 g/mol. The van der Waals surface area contributed by atoms with Crippen molar-refractivity contribution in [1.82, 2.24) is 5.32 Å². The summed E-state index contributed by atoms with van der Waals surface area (Å²) < 4.78 is 9.27. The van der Waals surface area contributed by atoms with Crippen molar-refractivity contribution in [3.8, 4) is 5.75 Å². The minimum Gasteiger partial charge on any atom is -0.493 e. The lowest BCUT2D eigenvalue weighted by molar-refractivity contribution is 0.352. The molecule has 1 unspecified atom stereocenters. The van der Waals surface area contributed by atoms with Crippen molar-refractivity contribution in [3.63, 3.8) is 0 Å². The molecule has 2 nitrogen and oxygen atoms in total. The van der Waals surface area contributed by atoms with Gasteiger partial charge in [0.2, 0.25) is 0 Å². The van der Waals surface area contributed by atoms with Gasteiger partial charge in [0.15, 0.2) is 0 Å². The summed E-state index contributed by atoms with van der Waals surface area (Å²) in [6.07, 6.45) is 1.90. The maximum atomic E-state index is 5.83. The van der Waals surface area contributed by atoms with Gasteiger partial charge in [0.05, 0.1) is 14.2 Å². The zero-order valence-corrected chi connectivity index (χ0v) is 17.0. The number of hydrogen-bond acceptors (Lipinski definition) is 3. The van der Waals surface area contributed by atoms with Crippen molar-refractivity contribution >= 4 is 59.1 Å². The molecule has 0 aliphatic carbocycles. The number of likely N-dealkylation sites (N-methyl/N-ethyl adjacent to an activating group) is 1. The molecule has 21 heavy (non-hydrogen) atoms. The highest BCUT2D eigenvalue weighted by Crippen LogP contribution is 2.39. The second-order valence-electron chi connectivity index (χ2n) is 4.98. The van der Waals surface area contributed by atoms with E-state index in [9.17, 15) is 0 Å². The third-order valence-corrected chi connectivity index (χ3v) is 6.50. The fourth-order valence-corrected chi connectivity index (χ4v) is 6.20. The van der Waals surface area contributed by atoms with Crippen LogP contribution in [0.4, 0.5) is 0 Å². The van der Waals surface area contributed by atoms with E-state index < -0.39 is 0 Å². The summed E-state index contributed by atoms with van der Waals surface area (Å²) in [6, 6.07) is 6.76. The molecule has 6 heteroatoms. The minimum absolute atomic E-state index is 0.254. The van der Waals surface area contributed by atoms with Crippen LogP contribution in [-0.4, -0.2) is 13.7 Å². The SMILES string of the molecule is CNC(Cc1cc(Br)cc2c1OCC2)c1cc(Br)sc1Br. The molecule has 2 heterocycles. The third-order valence-electron chi connectivity index (χ3n) is 3.66. The van der Waals surface area contributed by atoms with Gasteiger partial charge in [0.1, 0.15) is 5.75 Å². The number of fused-ring (bicyclic) bond motifs is 1. The Morgan fingerprint density at radius 1 is 1.29 bits per heavy atom. The van der Waals surface area contributed by atoms with E-state index in [1.165, 1.54) is 20.5 Å². The summed E-state index contributed by atoms with van der Waals surface area (Å²) in [5.74, 6) is 1.07. The highest BCUT2D eigenvalue weighted by Gasteiger charge is 2.22. The molecule has 112 valence electrons. The average Bonchev–Trinajstić information content (AvgIpc) is 3.02. The van der Waals surface area contributed by atoms with Crippen LogP contribution in [0.1, 0.15) is 22.7 Å². The standard InChI is InChI=1S/C15H14Br3NOS/c1-19-12(11-7-13(17)21-15(11)18)6-9-5-10(16)4-8-2-3-20-14(8)9/h4-5,7,12,19H,2-3,6H2,1H3. The van der Waals surface area contributed by atoms with Crippen LogP contribution < -0.4 is 10.1 Å². The predicted molar refractivity (Wildman–Crippen MR) is 98.6 cm³/mol. The molecule has 0 fully saturated rings. The molecule has 1 aliphatic rings. The summed E-state index contributed by atoms with van der Waals surface area (Å²) in [4.78, 5) is 0. The quantitative estimate of drug-likeness (QED) is 0.607. The van der Waals surface area contributed by atoms with Crippen LogP contribution in [0.2, 0.25) is 0 Å². The molecule has 1 atom stereocenters. The number of ether oxygens (including phenoxy) is 1. The van der Waals surface area contributed by atoms with E-state index in [-0.39, 0.29) is 6.04 Å². The maximum absolute atomic E-state index is 5.83. The molecule has 0 saturated carbocycles. The van der Waals surface area contributed by atoms with Gasteiger partial charge in [-0.2, -0.15) is 0 Å². The number of halogens is 3. The lowest BCUT2D eigenvalue weighted by Gasteiger charge is -2.18. The van der Waals surface area contributed by atoms with Crippen LogP contribution in [-0.2, 0) is 12.8 Å². The fraction of sp³-hybridized carbons (Fsp3) is 0.333. The van der Waals surface area contributed by atoms with Crippen LogP contribution in [0.25, 0.3) is 0 Å². The predicted octanol–water partition coefficient (Wildman–Crippen LogP) is 5.47. The Bertz CT molecular complexity index is 671. The van der Waals surface area contributed by atoms with E-state index >= 15 is 0 Å². The van der Waals surface area contributed by atoms with Crippen molar-refractivity contribution in [2.24, 2.45) is 0 Å². The first-order chi connectivity index (χ1) is 10.1. The van der Waals surface area contributed by atoms with Crippen LogP contribution in [0.5, 0.6) is 5.75 Å². The van der Waals surface area contributed by atoms with Gasteiger partial charge in [-0.3, -0.25) is 0 Å². The second-order valence-corrected chi connectivity index (χ2v) is 9.64. The molecule has 0 amide bonds. The largest absolute Gasteiger partial charge is 0.493 e. The highest BCUT2D eigenvalue weighted by molar-refractivity contribution is 9.12. The maximum Gasteiger partial charge on any atom is 0.125 e. The van der Waals surface area contributed by atoms with Crippen molar-refractivity contribution in [1.29, 1.82) is 0 Å². The van der Waals surface area contributed by atoms with Gasteiger partial charge in [-0.25, -0.2) is 0 Å². The molecular formula is C15H14Br3NOS. The molecule has 1 aromatic heterocycles. The molecule has 0 bridgehead atoms. The first-order valence-corrected chi connectivity index (χ1v) is 9.84. The van der Waals surface area contributed by atoms with E-state index in [0.717, 1.165) is 33.5 Å². The molecule has 2 aromatic rings. The topological polar surface area (TPSA) is 21.3 Å². The minimum atomic E-state index is 0.254. The Labute approximate surface area is 153 Å². The zero-order valence-electron chi connectivity index (χ0n) is 11.4. The van der Waals surface area contributed by atoms with E-state index in [4.69, 9.17) is 4.74 Å². The second kappa shape index (κ2) is 6.71. The van der Waals surface area contributed by atoms with Gasteiger partial charge in [-0.1, -0.05) is 15.9 Å². The van der Waals surface area contributed by atoms with Gasteiger partial charge in [0.25, 0.3) is 0 Å². The highest BCUT2D eigenvalue weighted by atomic mass is 79.9. The summed E-state index contributed by atoms with van der Waals surface area (Å²) >= 11 is 12.5. The molecule has 1 N–H and O–H groups in total. The molecule has 0 spiro atoms. The molecular weight excluding hydrogens is 482 g/mol. The van der Waals surface area contributed by atoms with Crippen LogP contribution in [0, 0.1) is 0 Å². The van der Waals surface area contributed by atoms with Crippen molar-refractivity contribution < 1.29 is 4.74 Å². The summed E-state index contributed by atoms with van der Waals surface area (Å²) in [7, 11) is 2.00. The molecule has 1 aromatic carbocycles. The van der Waals surface area contributed by atoms with Crippen LogP contribution >= 0.6 is 59.1 Å². The van der Waals surface area contributed by atoms with E-state index in [0.29, 0.717) is 0 Å². The van der Waals surface area contributed by atoms with Crippen molar-refractivity contribution in [3.05, 3.63) is 46.9 Å². The number of hydrogen-bond donors (Lipinski definition) is 1. The summed E-state index contributed by atoms with van der Waals surface area (Å²) in [5.41, 5.74) is 3.84. The number of benzene rings is 1. The number of thiophene rings is 1. The summed E-state index contributed by atoms with van der Waals surface area (Å²) in [5, 5.41) is 3.42. The summed E-state index contributed by atoms with van der Waals surface area (Å²) in [6.45, 7) is 0.788. The Morgan fingerprint density at radius 2 is 2.10 bits per heavy atom. The molecule has 3 rings (SSSR count). The first kappa shape index (κ1) is 16.0. The fourth-order valence-electron chi connectivity index (χ4n) is 2.68. The average molecular weight is 496 g/mol. The van der Waals surface area contributed by atoms with Crippen molar-refractivity contribution in [2.75, 3.05) is 13.7 Å². The molecule has 0 saturated heterocycles. The Balaban J connectivity index is 1.93. The van der Waals surface area contributed by atoms with Gasteiger partial charge >= 0.3 is 0 Å². The van der Waals surface area contributed by atoms with Crippen LogP contribution in [0.15, 0.2) is 30.2 Å². The van der Waals surface area contributed by atoms with E-state index in [1.807, 2.05) is 7.05 Å². The number of rotatable bonds is 4. The van der Waals surface area contributed by atoms with E-state index in [2.05, 4.69) is 71.3 Å². The van der Waals surface area contributed by atoms with Crippen molar-refractivity contribution in [2.45, 2.75) is 18.9 Å². The Kier molecular flexibility index (Phi) is 5.11. The van der Waals surface area contributed by atoms with E-state index in [1.54, 1.807) is 11.3 Å². The Hall–Kier alpha value is 0.120. The molecule has 1 aliphatic heterocycles. The normalized spacial score (nSPS) is 14.9. The number of nitrogens with one attached hydrogen (secondary N) is 1. The smallest absolute Gasteiger partial charge is 0.125 e. The lowest BCUT2D eigenvalue weighted by atomic mass is 9.98. The van der Waals surface area contributed by atoms with Gasteiger partial charge in [-0.05, 0) is 80.2 Å². The Morgan fingerprint density at radius 3 is 2.76 bits per heavy atom. The first-order valence-electron chi connectivity index (χ1n) is 6.64. The van der Waals surface area contributed by atoms with Gasteiger partial charge in [-0.15, -0.1) is 11.3 Å². The van der Waals surface area contributed by atoms with Gasteiger partial charge in [0, 0.05) is 16.9 Å². The van der Waals surface area contributed by atoms with Gasteiger partial charge < -0.3 is 10.1 Å². The van der Waals surface area contributed by atoms with Crippen LogP contribution in [0.3, 0.4) is 0 Å². The third kappa shape index (κ3) is 3.39. The lowest BCUT2D eigenvalue weighted by Crippen LogP contribution is -2.19. The molecule has 0 radical (unpaired) electrons. The zero-order chi connectivity index (χ0) is 15.0.